The molecule has 1 heterocycles. The summed E-state index contributed by atoms with van der Waals surface area (Å²) in [7, 11) is 0. The number of phenolic OH excluding ortho intramolecular Hbond substituents is 1. The molecule has 1 amide bonds. The smallest absolute Gasteiger partial charge is 0.407 e. The van der Waals surface area contributed by atoms with Gasteiger partial charge in [0.05, 0.1) is 6.04 Å². The maximum absolute atomic E-state index is 10.8. The first-order valence-electron chi connectivity index (χ1n) is 4.39. The molecular weight excluding hydrogens is 182 g/mol. The van der Waals surface area contributed by atoms with E-state index in [0.717, 1.165) is 11.1 Å². The number of carbonyl (C=O) groups excluding carboxylic acids is 1. The first-order valence-corrected chi connectivity index (χ1v) is 4.39. The number of amides is 1. The molecule has 0 spiro atoms. The molecule has 1 atom stereocenters. The minimum absolute atomic E-state index is 0.0944. The Hall–Kier alpha value is -1.71. The molecule has 1 aliphatic heterocycles. The van der Waals surface area contributed by atoms with Crippen LogP contribution in [0.2, 0.25) is 0 Å². The minimum atomic E-state index is -0.387. The average Bonchev–Trinajstić information content (AvgIpc) is 2.51. The molecule has 4 nitrogen and oxygen atoms in total. The fraction of sp³-hybridized carbons (Fsp3) is 0.300. The second-order valence-electron chi connectivity index (χ2n) is 3.34. The SMILES string of the molecule is Cc1cc(O)ccc1[C@@H]1COC(=O)N1. The molecule has 0 radical (unpaired) electrons. The van der Waals surface area contributed by atoms with Crippen molar-refractivity contribution in [3.63, 3.8) is 0 Å². The number of carbonyl (C=O) groups is 1. The van der Waals surface area contributed by atoms with Crippen molar-refractivity contribution in [1.29, 1.82) is 0 Å². The molecule has 0 bridgehead atoms. The number of hydrogen-bond donors (Lipinski definition) is 2. The molecular formula is C10H11NO3. The van der Waals surface area contributed by atoms with Crippen LogP contribution >= 0.6 is 0 Å². The van der Waals surface area contributed by atoms with Crippen LogP contribution in [0.3, 0.4) is 0 Å². The molecule has 0 aromatic heterocycles. The van der Waals surface area contributed by atoms with Crippen molar-refractivity contribution in [1.82, 2.24) is 5.32 Å². The van der Waals surface area contributed by atoms with Gasteiger partial charge in [0.25, 0.3) is 0 Å². The van der Waals surface area contributed by atoms with Crippen LogP contribution in [0.4, 0.5) is 4.79 Å². The van der Waals surface area contributed by atoms with Crippen molar-refractivity contribution >= 4 is 6.09 Å². The summed E-state index contributed by atoms with van der Waals surface area (Å²) in [4.78, 5) is 10.8. The van der Waals surface area contributed by atoms with Crippen LogP contribution in [0.5, 0.6) is 5.75 Å². The van der Waals surface area contributed by atoms with E-state index < -0.39 is 0 Å². The number of alkyl carbamates (subject to hydrolysis) is 1. The third-order valence-corrected chi connectivity index (χ3v) is 2.30. The monoisotopic (exact) mass is 193 g/mol. The lowest BCUT2D eigenvalue weighted by Crippen LogP contribution is -2.18. The van der Waals surface area contributed by atoms with E-state index in [9.17, 15) is 9.90 Å². The normalized spacial score (nSPS) is 20.4. The summed E-state index contributed by atoms with van der Waals surface area (Å²) in [5.74, 6) is 0.233. The summed E-state index contributed by atoms with van der Waals surface area (Å²) in [6.45, 7) is 2.24. The summed E-state index contributed by atoms with van der Waals surface area (Å²) in [6, 6.07) is 4.97. The molecule has 14 heavy (non-hydrogen) atoms. The van der Waals surface area contributed by atoms with E-state index in [2.05, 4.69) is 5.32 Å². The number of hydrogen-bond acceptors (Lipinski definition) is 3. The van der Waals surface area contributed by atoms with Crippen LogP contribution in [0.1, 0.15) is 17.2 Å². The van der Waals surface area contributed by atoms with Crippen molar-refractivity contribution in [3.8, 4) is 5.75 Å². The fourth-order valence-corrected chi connectivity index (χ4v) is 1.60. The second-order valence-corrected chi connectivity index (χ2v) is 3.34. The third kappa shape index (κ3) is 1.51. The number of benzene rings is 1. The number of ether oxygens (including phenoxy) is 1. The van der Waals surface area contributed by atoms with Gasteiger partial charge in [-0.05, 0) is 30.2 Å². The van der Waals surface area contributed by atoms with Crippen molar-refractivity contribution < 1.29 is 14.6 Å². The molecule has 1 aliphatic rings. The molecule has 1 saturated heterocycles. The van der Waals surface area contributed by atoms with Gasteiger partial charge in [0.1, 0.15) is 12.4 Å². The summed E-state index contributed by atoms with van der Waals surface area (Å²) in [5, 5.41) is 11.9. The Bertz CT molecular complexity index is 376. The Balaban J connectivity index is 2.28. The fourth-order valence-electron chi connectivity index (χ4n) is 1.60. The van der Waals surface area contributed by atoms with Crippen LogP contribution in [0.15, 0.2) is 18.2 Å². The van der Waals surface area contributed by atoms with Crippen molar-refractivity contribution in [2.24, 2.45) is 0 Å². The van der Waals surface area contributed by atoms with Crippen molar-refractivity contribution in [3.05, 3.63) is 29.3 Å². The van der Waals surface area contributed by atoms with Gasteiger partial charge >= 0.3 is 6.09 Å². The maximum atomic E-state index is 10.8. The number of phenols is 1. The van der Waals surface area contributed by atoms with Crippen molar-refractivity contribution in [2.75, 3.05) is 6.61 Å². The van der Waals surface area contributed by atoms with Crippen LogP contribution in [0.25, 0.3) is 0 Å². The Kier molecular flexibility index (Phi) is 2.04. The maximum Gasteiger partial charge on any atom is 0.407 e. The van der Waals surface area contributed by atoms with E-state index in [-0.39, 0.29) is 17.9 Å². The average molecular weight is 193 g/mol. The molecule has 1 fully saturated rings. The number of nitrogens with one attached hydrogen (secondary N) is 1. The summed E-state index contributed by atoms with van der Waals surface area (Å²) < 4.78 is 4.79. The van der Waals surface area contributed by atoms with Crippen LogP contribution < -0.4 is 5.32 Å². The van der Waals surface area contributed by atoms with Gasteiger partial charge in [0.2, 0.25) is 0 Å². The molecule has 4 heteroatoms. The lowest BCUT2D eigenvalue weighted by molar-refractivity contribution is 0.177. The Labute approximate surface area is 81.5 Å². The number of aromatic hydroxyl groups is 1. The zero-order chi connectivity index (χ0) is 10.1. The second kappa shape index (κ2) is 3.21. The van der Waals surface area contributed by atoms with Crippen LogP contribution in [0, 0.1) is 6.92 Å². The summed E-state index contributed by atoms with van der Waals surface area (Å²) in [5.41, 5.74) is 1.93. The number of rotatable bonds is 1. The van der Waals surface area contributed by atoms with Gasteiger partial charge < -0.3 is 15.2 Å². The highest BCUT2D eigenvalue weighted by atomic mass is 16.6. The number of cyclic esters (lactones) is 1. The van der Waals surface area contributed by atoms with Crippen molar-refractivity contribution in [2.45, 2.75) is 13.0 Å². The molecule has 74 valence electrons. The van der Waals surface area contributed by atoms with Gasteiger partial charge in [-0.15, -0.1) is 0 Å². The zero-order valence-corrected chi connectivity index (χ0v) is 7.78. The minimum Gasteiger partial charge on any atom is -0.508 e. The highest BCUT2D eigenvalue weighted by molar-refractivity contribution is 5.70. The standard InChI is InChI=1S/C10H11NO3/c1-6-4-7(12)2-3-8(6)9-5-14-10(13)11-9/h2-4,9,12H,5H2,1H3,(H,11,13)/t9-/m0/s1. The third-order valence-electron chi connectivity index (χ3n) is 2.30. The van der Waals surface area contributed by atoms with Gasteiger partial charge in [-0.25, -0.2) is 4.79 Å². The molecule has 1 aromatic rings. The predicted octanol–water partition coefficient (Wildman–Crippen LogP) is 1.48. The largest absolute Gasteiger partial charge is 0.508 e. The topological polar surface area (TPSA) is 58.6 Å². The van der Waals surface area contributed by atoms with Gasteiger partial charge in [-0.3, -0.25) is 0 Å². The number of aryl methyl sites for hydroxylation is 1. The molecule has 2 N–H and O–H groups in total. The Morgan fingerprint density at radius 3 is 2.93 bits per heavy atom. The van der Waals surface area contributed by atoms with Crippen LogP contribution in [-0.4, -0.2) is 17.8 Å². The van der Waals surface area contributed by atoms with Gasteiger partial charge in [-0.1, -0.05) is 6.07 Å². The van der Waals surface area contributed by atoms with E-state index in [1.807, 2.05) is 6.92 Å². The van der Waals surface area contributed by atoms with Gasteiger partial charge in [0.15, 0.2) is 0 Å². The van der Waals surface area contributed by atoms with E-state index in [1.165, 1.54) is 0 Å². The summed E-state index contributed by atoms with van der Waals surface area (Å²) in [6.07, 6.45) is -0.387. The quantitative estimate of drug-likeness (QED) is 0.710. The molecule has 1 aromatic carbocycles. The highest BCUT2D eigenvalue weighted by Crippen LogP contribution is 2.24. The highest BCUT2D eigenvalue weighted by Gasteiger charge is 2.24. The molecule has 2 rings (SSSR count). The predicted molar refractivity (Wildman–Crippen MR) is 50.1 cm³/mol. The van der Waals surface area contributed by atoms with E-state index in [1.54, 1.807) is 18.2 Å². The molecule has 0 aliphatic carbocycles. The van der Waals surface area contributed by atoms with Gasteiger partial charge in [-0.2, -0.15) is 0 Å². The van der Waals surface area contributed by atoms with E-state index in [4.69, 9.17) is 4.74 Å². The van der Waals surface area contributed by atoms with Crippen LogP contribution in [-0.2, 0) is 4.74 Å². The molecule has 0 saturated carbocycles. The van der Waals surface area contributed by atoms with Gasteiger partial charge in [0, 0.05) is 0 Å². The zero-order valence-electron chi connectivity index (χ0n) is 7.78. The lowest BCUT2D eigenvalue weighted by Gasteiger charge is -2.10. The first-order chi connectivity index (χ1) is 6.66. The summed E-state index contributed by atoms with van der Waals surface area (Å²) >= 11 is 0. The lowest BCUT2D eigenvalue weighted by atomic mass is 10.0. The Morgan fingerprint density at radius 2 is 2.36 bits per heavy atom. The molecule has 0 unspecified atom stereocenters. The first kappa shape index (κ1) is 8.87. The van der Waals surface area contributed by atoms with E-state index >= 15 is 0 Å². The Morgan fingerprint density at radius 1 is 1.57 bits per heavy atom. The van der Waals surface area contributed by atoms with E-state index in [0.29, 0.717) is 6.61 Å².